The molecule has 1 fully saturated rings. The molecule has 1 saturated heterocycles. The van der Waals surface area contributed by atoms with Crippen LogP contribution in [-0.4, -0.2) is 24.5 Å². The normalized spacial score (nSPS) is 16.8. The van der Waals surface area contributed by atoms with E-state index in [1.807, 2.05) is 44.2 Å². The number of nitrogens with zero attached hydrogens (tertiary/aromatic N) is 1. The molecular formula is C20H21ClN2O3. The van der Waals surface area contributed by atoms with Gasteiger partial charge in [0.1, 0.15) is 5.75 Å². The van der Waals surface area contributed by atoms with Crippen LogP contribution in [0.1, 0.15) is 20.3 Å². The fourth-order valence-corrected chi connectivity index (χ4v) is 3.14. The second-order valence-corrected chi connectivity index (χ2v) is 6.95. The molecule has 0 spiro atoms. The summed E-state index contributed by atoms with van der Waals surface area (Å²) in [6.45, 7) is 4.21. The van der Waals surface area contributed by atoms with Gasteiger partial charge in [0, 0.05) is 24.3 Å². The lowest BCUT2D eigenvalue weighted by atomic mass is 10.1. The quantitative estimate of drug-likeness (QED) is 0.858. The summed E-state index contributed by atoms with van der Waals surface area (Å²) in [6, 6.07) is 14.5. The number of anilines is 2. The van der Waals surface area contributed by atoms with E-state index in [1.165, 1.54) is 0 Å². The Kier molecular flexibility index (Phi) is 5.47. The molecule has 1 aliphatic rings. The lowest BCUT2D eigenvalue weighted by molar-refractivity contribution is -0.122. The third-order valence-electron chi connectivity index (χ3n) is 4.13. The molecule has 0 saturated carbocycles. The number of hydrogen-bond donors (Lipinski definition) is 1. The molecule has 26 heavy (non-hydrogen) atoms. The van der Waals surface area contributed by atoms with Crippen molar-refractivity contribution in [2.24, 2.45) is 5.92 Å². The Labute approximate surface area is 157 Å². The van der Waals surface area contributed by atoms with E-state index in [2.05, 4.69) is 5.32 Å². The minimum atomic E-state index is -0.395. The van der Waals surface area contributed by atoms with Crippen molar-refractivity contribution < 1.29 is 14.3 Å². The smallest absolute Gasteiger partial charge is 0.229 e. The van der Waals surface area contributed by atoms with Gasteiger partial charge in [0.15, 0.2) is 0 Å². The third-order valence-corrected chi connectivity index (χ3v) is 4.42. The lowest BCUT2D eigenvalue weighted by Gasteiger charge is -2.17. The van der Waals surface area contributed by atoms with Crippen LogP contribution in [0.3, 0.4) is 0 Å². The third kappa shape index (κ3) is 4.17. The van der Waals surface area contributed by atoms with Crippen LogP contribution in [0.2, 0.25) is 5.02 Å². The van der Waals surface area contributed by atoms with Crippen LogP contribution in [0.5, 0.6) is 5.75 Å². The maximum atomic E-state index is 12.5. The van der Waals surface area contributed by atoms with Crippen LogP contribution < -0.4 is 15.0 Å². The van der Waals surface area contributed by atoms with Gasteiger partial charge in [0.05, 0.1) is 17.0 Å². The van der Waals surface area contributed by atoms with Gasteiger partial charge in [0.2, 0.25) is 11.8 Å². The zero-order valence-electron chi connectivity index (χ0n) is 14.7. The molecule has 3 rings (SSSR count). The molecule has 0 aromatic heterocycles. The van der Waals surface area contributed by atoms with Crippen LogP contribution in [0, 0.1) is 5.92 Å². The molecule has 1 aliphatic heterocycles. The average molecular weight is 373 g/mol. The van der Waals surface area contributed by atoms with Crippen molar-refractivity contribution in [3.63, 3.8) is 0 Å². The van der Waals surface area contributed by atoms with E-state index in [4.69, 9.17) is 16.3 Å². The van der Waals surface area contributed by atoms with E-state index >= 15 is 0 Å². The van der Waals surface area contributed by atoms with Crippen LogP contribution in [0.15, 0.2) is 48.5 Å². The van der Waals surface area contributed by atoms with Gasteiger partial charge in [-0.15, -0.1) is 0 Å². The molecule has 2 aromatic carbocycles. The van der Waals surface area contributed by atoms with Crippen molar-refractivity contribution in [2.45, 2.75) is 26.4 Å². The molecular weight excluding hydrogens is 352 g/mol. The Bertz CT molecular complexity index is 808. The van der Waals surface area contributed by atoms with Crippen molar-refractivity contribution in [3.05, 3.63) is 53.6 Å². The molecule has 0 bridgehead atoms. The summed E-state index contributed by atoms with van der Waals surface area (Å²) in [5.41, 5.74) is 1.40. The Morgan fingerprint density at radius 2 is 1.96 bits per heavy atom. The van der Waals surface area contributed by atoms with E-state index < -0.39 is 5.92 Å². The van der Waals surface area contributed by atoms with Crippen molar-refractivity contribution in [1.82, 2.24) is 0 Å². The fourth-order valence-electron chi connectivity index (χ4n) is 2.91. The van der Waals surface area contributed by atoms with Crippen molar-refractivity contribution in [2.75, 3.05) is 16.8 Å². The summed E-state index contributed by atoms with van der Waals surface area (Å²) in [5.74, 6) is -0.0560. The fraction of sp³-hybridized carbons (Fsp3) is 0.300. The minimum absolute atomic E-state index is 0.0152. The predicted molar refractivity (Wildman–Crippen MR) is 103 cm³/mol. The molecule has 0 radical (unpaired) electrons. The van der Waals surface area contributed by atoms with Crippen LogP contribution in [0.25, 0.3) is 0 Å². The number of para-hydroxylation sites is 1. The molecule has 1 heterocycles. The molecule has 1 atom stereocenters. The monoisotopic (exact) mass is 372 g/mol. The topological polar surface area (TPSA) is 58.6 Å². The average Bonchev–Trinajstić information content (AvgIpc) is 3.00. The van der Waals surface area contributed by atoms with Crippen LogP contribution in [0.4, 0.5) is 11.4 Å². The maximum Gasteiger partial charge on any atom is 0.229 e. The highest BCUT2D eigenvalue weighted by Gasteiger charge is 2.35. The van der Waals surface area contributed by atoms with Crippen molar-refractivity contribution in [3.8, 4) is 5.75 Å². The van der Waals surface area contributed by atoms with Gasteiger partial charge in [-0.1, -0.05) is 29.8 Å². The van der Waals surface area contributed by atoms with Crippen LogP contribution >= 0.6 is 11.6 Å². The summed E-state index contributed by atoms with van der Waals surface area (Å²) in [7, 11) is 0. The minimum Gasteiger partial charge on any atom is -0.489 e. The number of hydrogen-bond acceptors (Lipinski definition) is 3. The standard InChI is InChI=1S/C20H21ClN2O3/c1-13(2)26-18-9-8-15(11-17(18)21)22-20(25)14-10-19(24)23(12-14)16-6-4-3-5-7-16/h3-9,11,13-14H,10,12H2,1-2H3,(H,22,25). The van der Waals surface area contributed by atoms with Gasteiger partial charge >= 0.3 is 0 Å². The van der Waals surface area contributed by atoms with Crippen molar-refractivity contribution in [1.29, 1.82) is 0 Å². The summed E-state index contributed by atoms with van der Waals surface area (Å²) in [5, 5.41) is 3.28. The number of halogens is 1. The van der Waals surface area contributed by atoms with Gasteiger partial charge < -0.3 is 15.0 Å². The van der Waals surface area contributed by atoms with E-state index in [1.54, 1.807) is 23.1 Å². The number of ether oxygens (including phenoxy) is 1. The molecule has 1 N–H and O–H groups in total. The first-order chi connectivity index (χ1) is 12.4. The predicted octanol–water partition coefficient (Wildman–Crippen LogP) is 4.12. The summed E-state index contributed by atoms with van der Waals surface area (Å²) in [4.78, 5) is 26.4. The molecule has 136 valence electrons. The zero-order valence-corrected chi connectivity index (χ0v) is 15.5. The summed E-state index contributed by atoms with van der Waals surface area (Å²) < 4.78 is 5.59. The zero-order chi connectivity index (χ0) is 18.7. The SMILES string of the molecule is CC(C)Oc1ccc(NC(=O)C2CC(=O)N(c3ccccc3)C2)cc1Cl. The maximum absolute atomic E-state index is 12.5. The summed E-state index contributed by atoms with van der Waals surface area (Å²) >= 11 is 6.20. The van der Waals surface area contributed by atoms with E-state index in [0.717, 1.165) is 5.69 Å². The number of carbonyl (C=O) groups excluding carboxylic acids is 2. The van der Waals surface area contributed by atoms with Gasteiger partial charge in [-0.3, -0.25) is 9.59 Å². The van der Waals surface area contributed by atoms with E-state index in [-0.39, 0.29) is 24.3 Å². The highest BCUT2D eigenvalue weighted by atomic mass is 35.5. The lowest BCUT2D eigenvalue weighted by Crippen LogP contribution is -2.28. The number of benzene rings is 2. The second kappa shape index (κ2) is 7.79. The Balaban J connectivity index is 1.65. The van der Waals surface area contributed by atoms with E-state index in [0.29, 0.717) is 23.0 Å². The van der Waals surface area contributed by atoms with Crippen LogP contribution in [-0.2, 0) is 9.59 Å². The first-order valence-electron chi connectivity index (χ1n) is 8.56. The molecule has 5 nitrogen and oxygen atoms in total. The molecule has 2 amide bonds. The van der Waals surface area contributed by atoms with Gasteiger partial charge in [-0.05, 0) is 44.2 Å². The number of rotatable bonds is 5. The highest BCUT2D eigenvalue weighted by molar-refractivity contribution is 6.32. The number of amides is 2. The molecule has 6 heteroatoms. The van der Waals surface area contributed by atoms with Crippen molar-refractivity contribution >= 4 is 34.8 Å². The second-order valence-electron chi connectivity index (χ2n) is 6.54. The van der Waals surface area contributed by atoms with Gasteiger partial charge in [-0.25, -0.2) is 0 Å². The highest BCUT2D eigenvalue weighted by Crippen LogP contribution is 2.30. The first kappa shape index (κ1) is 18.3. The Morgan fingerprint density at radius 3 is 2.62 bits per heavy atom. The number of nitrogens with one attached hydrogen (secondary N) is 1. The van der Waals surface area contributed by atoms with Gasteiger partial charge in [0.25, 0.3) is 0 Å². The number of carbonyl (C=O) groups is 2. The largest absolute Gasteiger partial charge is 0.489 e. The molecule has 2 aromatic rings. The Hall–Kier alpha value is -2.53. The summed E-state index contributed by atoms with van der Waals surface area (Å²) in [6.07, 6.45) is 0.213. The van der Waals surface area contributed by atoms with Gasteiger partial charge in [-0.2, -0.15) is 0 Å². The first-order valence-corrected chi connectivity index (χ1v) is 8.94. The Morgan fingerprint density at radius 1 is 1.23 bits per heavy atom. The molecule has 1 unspecified atom stereocenters. The van der Waals surface area contributed by atoms with E-state index in [9.17, 15) is 9.59 Å². The molecule has 0 aliphatic carbocycles.